The second kappa shape index (κ2) is 9.56. The third kappa shape index (κ3) is 5.70. The van der Waals surface area contributed by atoms with Gasteiger partial charge in [0.25, 0.3) is 0 Å². The smallest absolute Gasteiger partial charge is 0.191 e. The highest BCUT2D eigenvalue weighted by atomic mass is 127. The highest BCUT2D eigenvalue weighted by Gasteiger charge is 2.33. The van der Waals surface area contributed by atoms with Gasteiger partial charge in [-0.15, -0.1) is 24.0 Å². The molecule has 5 nitrogen and oxygen atoms in total. The molecule has 1 aliphatic rings. The molecule has 2 rings (SSSR count). The molecule has 1 aliphatic carbocycles. The standard InChI is InChI=1S/C16H24BrN3O2.HI/c1-5-18-16(20-13-6-10(13)2)19-9-11-7-12(17)15(22-4)14(8-11)21-3;/h7-8,10,13H,5-6,9H2,1-4H3,(H2,18,19,20);1H. The second-order valence-electron chi connectivity index (χ2n) is 5.47. The SMILES string of the molecule is CCNC(=NCc1cc(Br)c(OC)c(OC)c1)NC1CC1C.I. The van der Waals surface area contributed by atoms with E-state index in [1.165, 1.54) is 6.42 Å². The number of nitrogens with zero attached hydrogens (tertiary/aromatic N) is 1. The number of halogens is 2. The van der Waals surface area contributed by atoms with E-state index in [1.807, 2.05) is 12.1 Å². The molecule has 2 N–H and O–H groups in total. The van der Waals surface area contributed by atoms with Gasteiger partial charge in [0, 0.05) is 12.6 Å². The number of hydrogen-bond acceptors (Lipinski definition) is 3. The average molecular weight is 498 g/mol. The van der Waals surface area contributed by atoms with E-state index in [0.717, 1.165) is 28.5 Å². The Balaban J connectivity index is 0.00000264. The molecule has 0 radical (unpaired) electrons. The molecule has 1 aromatic carbocycles. The molecule has 0 spiro atoms. The van der Waals surface area contributed by atoms with E-state index in [0.29, 0.717) is 24.1 Å². The number of aliphatic imine (C=N–C) groups is 1. The fraction of sp³-hybridized carbons (Fsp3) is 0.562. The summed E-state index contributed by atoms with van der Waals surface area (Å²) < 4.78 is 11.6. The van der Waals surface area contributed by atoms with E-state index in [4.69, 9.17) is 9.47 Å². The van der Waals surface area contributed by atoms with Gasteiger partial charge in [-0.05, 0) is 52.9 Å². The summed E-state index contributed by atoms with van der Waals surface area (Å²) in [4.78, 5) is 4.65. The van der Waals surface area contributed by atoms with Crippen molar-refractivity contribution in [2.24, 2.45) is 10.9 Å². The lowest BCUT2D eigenvalue weighted by molar-refractivity contribution is 0.352. The zero-order chi connectivity index (χ0) is 16.1. The van der Waals surface area contributed by atoms with Gasteiger partial charge in [0.1, 0.15) is 0 Å². The monoisotopic (exact) mass is 497 g/mol. The quantitative estimate of drug-likeness (QED) is 0.358. The highest BCUT2D eigenvalue weighted by Crippen LogP contribution is 2.36. The van der Waals surface area contributed by atoms with Crippen LogP contribution in [0.15, 0.2) is 21.6 Å². The molecule has 1 saturated carbocycles. The predicted molar refractivity (Wildman–Crippen MR) is 108 cm³/mol. The number of guanidine groups is 1. The third-order valence-electron chi connectivity index (χ3n) is 3.69. The minimum Gasteiger partial charge on any atom is -0.493 e. The molecule has 0 aliphatic heterocycles. The maximum atomic E-state index is 5.37. The highest BCUT2D eigenvalue weighted by molar-refractivity contribution is 14.0. The summed E-state index contributed by atoms with van der Waals surface area (Å²) in [5.41, 5.74) is 1.06. The molecule has 130 valence electrons. The Morgan fingerprint density at radius 3 is 2.57 bits per heavy atom. The normalized spacial score (nSPS) is 19.6. The average Bonchev–Trinajstić information content (AvgIpc) is 3.19. The van der Waals surface area contributed by atoms with E-state index in [9.17, 15) is 0 Å². The Morgan fingerprint density at radius 1 is 1.35 bits per heavy atom. The van der Waals surface area contributed by atoms with Crippen molar-refractivity contribution < 1.29 is 9.47 Å². The molecule has 0 heterocycles. The Hall–Kier alpha value is -0.700. The van der Waals surface area contributed by atoms with Gasteiger partial charge >= 0.3 is 0 Å². The van der Waals surface area contributed by atoms with Gasteiger partial charge in [0.2, 0.25) is 0 Å². The third-order valence-corrected chi connectivity index (χ3v) is 4.28. The van der Waals surface area contributed by atoms with Crippen molar-refractivity contribution in [1.29, 1.82) is 0 Å². The predicted octanol–water partition coefficient (Wildman–Crippen LogP) is 3.55. The molecule has 2 atom stereocenters. The molecule has 23 heavy (non-hydrogen) atoms. The van der Waals surface area contributed by atoms with Gasteiger partial charge in [-0.3, -0.25) is 0 Å². The minimum absolute atomic E-state index is 0. The van der Waals surface area contributed by atoms with Crippen LogP contribution in [0.1, 0.15) is 25.8 Å². The number of methoxy groups -OCH3 is 2. The van der Waals surface area contributed by atoms with Crippen molar-refractivity contribution in [3.05, 3.63) is 22.2 Å². The van der Waals surface area contributed by atoms with E-state index in [2.05, 4.69) is 45.4 Å². The van der Waals surface area contributed by atoms with Gasteiger partial charge in [-0.2, -0.15) is 0 Å². The number of nitrogens with one attached hydrogen (secondary N) is 2. The molecule has 0 saturated heterocycles. The largest absolute Gasteiger partial charge is 0.493 e. The fourth-order valence-corrected chi connectivity index (χ4v) is 2.90. The molecular weight excluding hydrogens is 473 g/mol. The second-order valence-corrected chi connectivity index (χ2v) is 6.33. The van der Waals surface area contributed by atoms with E-state index >= 15 is 0 Å². The van der Waals surface area contributed by atoms with Crippen molar-refractivity contribution >= 4 is 45.9 Å². The molecule has 1 fully saturated rings. The minimum atomic E-state index is 0. The van der Waals surface area contributed by atoms with Crippen LogP contribution < -0.4 is 20.1 Å². The van der Waals surface area contributed by atoms with Crippen LogP contribution in [0.25, 0.3) is 0 Å². The first-order valence-corrected chi connectivity index (χ1v) is 8.33. The number of hydrogen-bond donors (Lipinski definition) is 2. The van der Waals surface area contributed by atoms with Gasteiger partial charge in [0.05, 0.1) is 25.2 Å². The summed E-state index contributed by atoms with van der Waals surface area (Å²) in [5.74, 6) is 3.00. The maximum Gasteiger partial charge on any atom is 0.191 e. The molecule has 1 aromatic rings. The molecule has 0 aromatic heterocycles. The summed E-state index contributed by atoms with van der Waals surface area (Å²) in [7, 11) is 3.27. The number of benzene rings is 1. The van der Waals surface area contributed by atoms with Gasteiger partial charge in [-0.25, -0.2) is 4.99 Å². The summed E-state index contributed by atoms with van der Waals surface area (Å²) in [6.07, 6.45) is 1.21. The van der Waals surface area contributed by atoms with Crippen LogP contribution in [0.2, 0.25) is 0 Å². The van der Waals surface area contributed by atoms with Gasteiger partial charge < -0.3 is 20.1 Å². The summed E-state index contributed by atoms with van der Waals surface area (Å²) in [5, 5.41) is 6.73. The van der Waals surface area contributed by atoms with Crippen LogP contribution in [0.5, 0.6) is 11.5 Å². The van der Waals surface area contributed by atoms with Crippen molar-refractivity contribution in [2.75, 3.05) is 20.8 Å². The summed E-state index contributed by atoms with van der Waals surface area (Å²) in [6, 6.07) is 4.51. The van der Waals surface area contributed by atoms with Crippen LogP contribution in [0, 0.1) is 5.92 Å². The number of ether oxygens (including phenoxy) is 2. The first-order valence-electron chi connectivity index (χ1n) is 7.54. The molecule has 2 unspecified atom stereocenters. The molecular formula is C16H25BrIN3O2. The Bertz CT molecular complexity index is 554. The Labute approximate surface area is 163 Å². The van der Waals surface area contributed by atoms with E-state index < -0.39 is 0 Å². The Kier molecular flexibility index (Phi) is 8.46. The number of rotatable bonds is 6. The zero-order valence-electron chi connectivity index (χ0n) is 14.0. The molecule has 0 bridgehead atoms. The first-order chi connectivity index (χ1) is 10.6. The van der Waals surface area contributed by atoms with Crippen molar-refractivity contribution in [3.8, 4) is 11.5 Å². The molecule has 7 heteroatoms. The topological polar surface area (TPSA) is 54.9 Å². The van der Waals surface area contributed by atoms with Crippen molar-refractivity contribution in [1.82, 2.24) is 10.6 Å². The Morgan fingerprint density at radius 2 is 2.04 bits per heavy atom. The maximum absolute atomic E-state index is 5.37. The fourth-order valence-electron chi connectivity index (χ4n) is 2.25. The van der Waals surface area contributed by atoms with Crippen molar-refractivity contribution in [2.45, 2.75) is 32.9 Å². The molecule has 0 amide bonds. The van der Waals surface area contributed by atoms with Crippen molar-refractivity contribution in [3.63, 3.8) is 0 Å². The summed E-state index contributed by atoms with van der Waals surface area (Å²) in [6.45, 7) is 5.74. The van der Waals surface area contributed by atoms with Gasteiger partial charge in [0.15, 0.2) is 17.5 Å². The van der Waals surface area contributed by atoms with Crippen LogP contribution in [-0.2, 0) is 6.54 Å². The van der Waals surface area contributed by atoms with Crippen LogP contribution in [0.3, 0.4) is 0 Å². The van der Waals surface area contributed by atoms with E-state index in [1.54, 1.807) is 14.2 Å². The zero-order valence-corrected chi connectivity index (χ0v) is 17.9. The summed E-state index contributed by atoms with van der Waals surface area (Å²) >= 11 is 3.51. The van der Waals surface area contributed by atoms with Crippen LogP contribution >= 0.6 is 39.9 Å². The lowest BCUT2D eigenvalue weighted by Crippen LogP contribution is -2.39. The lowest BCUT2D eigenvalue weighted by atomic mass is 10.2. The first kappa shape index (κ1) is 20.3. The van der Waals surface area contributed by atoms with E-state index in [-0.39, 0.29) is 24.0 Å². The lowest BCUT2D eigenvalue weighted by Gasteiger charge is -2.13. The van der Waals surface area contributed by atoms with Crippen LogP contribution in [0.4, 0.5) is 0 Å². The van der Waals surface area contributed by atoms with Crippen LogP contribution in [-0.4, -0.2) is 32.8 Å². The van der Waals surface area contributed by atoms with Gasteiger partial charge in [-0.1, -0.05) is 6.92 Å².